The topological polar surface area (TPSA) is 13.0 Å². The van der Waals surface area contributed by atoms with Crippen molar-refractivity contribution in [3.05, 3.63) is 315 Å². The maximum absolute atomic E-state index is 2.69. The molecule has 0 aromatic heterocycles. The highest BCUT2D eigenvalue weighted by atomic mass is 15.2. The van der Waals surface area contributed by atoms with E-state index in [0.29, 0.717) is 5.92 Å². The minimum atomic E-state index is -0.804. The van der Waals surface area contributed by atoms with Crippen molar-refractivity contribution in [2.24, 2.45) is 5.92 Å². The van der Waals surface area contributed by atoms with Crippen LogP contribution in [-0.2, 0) is 5.41 Å². The molecule has 0 aliphatic heterocycles. The summed E-state index contributed by atoms with van der Waals surface area (Å²) < 4.78 is 0. The third-order valence-corrected chi connectivity index (χ3v) is 18.4. The van der Waals surface area contributed by atoms with Gasteiger partial charge in [0.15, 0.2) is 0 Å². The summed E-state index contributed by atoms with van der Waals surface area (Å²) in [5.74, 6) is 0.394. The lowest BCUT2D eigenvalue weighted by Gasteiger charge is -2.38. The molecule has 4 heteroatoms. The van der Waals surface area contributed by atoms with Crippen LogP contribution >= 0.6 is 0 Å². The van der Waals surface area contributed by atoms with Gasteiger partial charge in [0, 0.05) is 62.6 Å². The second-order valence-electron chi connectivity index (χ2n) is 25.2. The Kier molecular flexibility index (Phi) is 13.9. The Balaban J connectivity index is 1.11. The first-order valence-corrected chi connectivity index (χ1v) is 31.0. The van der Waals surface area contributed by atoms with Gasteiger partial charge in [-0.25, -0.2) is 0 Å². The molecule has 0 fully saturated rings. The minimum Gasteiger partial charge on any atom is -0.338 e. The van der Waals surface area contributed by atoms with Crippen LogP contribution in [0.15, 0.2) is 265 Å². The van der Waals surface area contributed by atoms with E-state index in [1.165, 1.54) is 106 Å². The summed E-state index contributed by atoms with van der Waals surface area (Å²) in [5.41, 5.74) is 32.3. The Morgan fingerprint density at radius 2 is 0.791 bits per heavy atom. The molecule has 3 atom stereocenters. The summed E-state index contributed by atoms with van der Waals surface area (Å²) in [4.78, 5) is 10.2. The molecule has 0 amide bonds. The first-order valence-electron chi connectivity index (χ1n) is 31.0. The van der Waals surface area contributed by atoms with Gasteiger partial charge in [-0.1, -0.05) is 139 Å². The van der Waals surface area contributed by atoms with Crippen molar-refractivity contribution in [3.63, 3.8) is 0 Å². The molecule has 0 N–H and O–H groups in total. The van der Waals surface area contributed by atoms with Gasteiger partial charge in [-0.2, -0.15) is 0 Å². The average molecular weight is 1120 g/mol. The number of anilines is 9. The van der Waals surface area contributed by atoms with Crippen LogP contribution in [0.1, 0.15) is 103 Å². The molecule has 0 radical (unpaired) electrons. The molecule has 14 rings (SSSR count). The molecule has 0 heterocycles. The van der Waals surface area contributed by atoms with E-state index in [0.717, 1.165) is 71.2 Å². The lowest BCUT2D eigenvalue weighted by atomic mass is 9.70. The van der Waals surface area contributed by atoms with Crippen LogP contribution in [0.5, 0.6) is 0 Å². The van der Waals surface area contributed by atoms with Gasteiger partial charge in [-0.15, -0.1) is 0 Å². The fourth-order valence-corrected chi connectivity index (χ4v) is 14.9. The highest BCUT2D eigenvalue weighted by molar-refractivity contribution is 5.99. The van der Waals surface area contributed by atoms with Crippen molar-refractivity contribution in [1.82, 2.24) is 0 Å². The largest absolute Gasteiger partial charge is 0.338 e. The van der Waals surface area contributed by atoms with E-state index in [2.05, 4.69) is 319 Å². The van der Waals surface area contributed by atoms with Gasteiger partial charge in [-0.3, -0.25) is 0 Å². The van der Waals surface area contributed by atoms with Gasteiger partial charge < -0.3 is 19.6 Å². The standard InChI is InChI=1S/C82H76N4/c1-53-17-10-24-62(40-53)83(63-25-11-18-54(2)41-63)69-31-35-74-75-36-32-70(84(64-26-12-19-55(3)42-64)65-27-13-20-56(4)43-65)50-79(75)82(78(74)49-69)80-51-71(85(66-28-14-21-57(5)44-66)67-29-15-22-58(6)45-67)33-37-76(80)77-38-34-72(52-81(77)82)86(68-30-16-23-59(7)46-68)73-47-60(8)39-61(9)48-73/h10-12,14-25,28-38,40-52,60,64H,13,26-27,39H2,1-9H3. The van der Waals surface area contributed by atoms with E-state index in [4.69, 9.17) is 0 Å². The minimum absolute atomic E-state index is 0.155. The number of fused-ring (bicyclic) bond motifs is 10. The molecule has 0 saturated heterocycles. The van der Waals surface area contributed by atoms with E-state index in [-0.39, 0.29) is 6.04 Å². The molecular weight excluding hydrogens is 1040 g/mol. The lowest BCUT2D eigenvalue weighted by Crippen LogP contribution is -2.35. The smallest absolute Gasteiger partial charge is 0.0728 e. The zero-order chi connectivity index (χ0) is 59.0. The molecule has 1 spiro atoms. The third-order valence-electron chi connectivity index (χ3n) is 18.4. The van der Waals surface area contributed by atoms with Gasteiger partial charge in [0.1, 0.15) is 0 Å². The third kappa shape index (κ3) is 9.66. The Bertz CT molecular complexity index is 4200. The Labute approximate surface area is 510 Å². The van der Waals surface area contributed by atoms with Gasteiger partial charge in [0.25, 0.3) is 0 Å². The van der Waals surface area contributed by atoms with Gasteiger partial charge in [0.05, 0.1) is 11.5 Å². The predicted molar refractivity (Wildman–Crippen MR) is 365 cm³/mol. The first-order chi connectivity index (χ1) is 41.8. The zero-order valence-corrected chi connectivity index (χ0v) is 51.3. The highest BCUT2D eigenvalue weighted by Gasteiger charge is 2.53. The predicted octanol–water partition coefficient (Wildman–Crippen LogP) is 22.2. The summed E-state index contributed by atoms with van der Waals surface area (Å²) >= 11 is 0. The van der Waals surface area contributed by atoms with Crippen molar-refractivity contribution in [1.29, 1.82) is 0 Å². The fraction of sp³-hybridized carbons (Fsp3) is 0.195. The molecule has 5 aliphatic rings. The SMILES string of the molecule is CC1=CCCC(N(c2ccc3c(c2)C2(c4cc(N(C5=CC(C)CC(C)=C5)c5cccc(C)c5)ccc4-c4ccc(N(c5cccc(C)c5)c5cccc(C)c5)cc42)c2cc(N(c4cccc(C)c4)c4cccc(C)c4)ccc2-3)C2C=C(C)C=CC2)=C1. The first kappa shape index (κ1) is 54.6. The monoisotopic (exact) mass is 1120 g/mol. The van der Waals surface area contributed by atoms with Crippen LogP contribution in [0.4, 0.5) is 51.2 Å². The summed E-state index contributed by atoms with van der Waals surface area (Å²) in [7, 11) is 0. The second kappa shape index (κ2) is 21.9. The van der Waals surface area contributed by atoms with Crippen LogP contribution in [0.2, 0.25) is 0 Å². The number of aryl methyl sites for hydroxylation is 5. The number of benzene rings is 9. The van der Waals surface area contributed by atoms with Crippen LogP contribution in [0.25, 0.3) is 22.3 Å². The van der Waals surface area contributed by atoms with Crippen LogP contribution in [0.3, 0.4) is 0 Å². The number of allylic oxidation sites excluding steroid dienone is 9. The molecule has 424 valence electrons. The maximum Gasteiger partial charge on any atom is 0.0728 e. The van der Waals surface area contributed by atoms with Crippen LogP contribution in [-0.4, -0.2) is 6.04 Å². The van der Waals surface area contributed by atoms with Crippen LogP contribution in [0, 0.1) is 40.5 Å². The van der Waals surface area contributed by atoms with E-state index in [9.17, 15) is 0 Å². The molecule has 9 aromatic rings. The van der Waals surface area contributed by atoms with Crippen molar-refractivity contribution < 1.29 is 0 Å². The summed E-state index contributed by atoms with van der Waals surface area (Å²) in [6.45, 7) is 20.2. The maximum atomic E-state index is 2.69. The average Bonchev–Trinajstić information content (AvgIpc) is 1.51. The quantitative estimate of drug-likeness (QED) is 0.121. The summed E-state index contributed by atoms with van der Waals surface area (Å²) in [6, 6.07) is 75.0. The van der Waals surface area contributed by atoms with Crippen molar-refractivity contribution in [3.8, 4) is 22.3 Å². The highest BCUT2D eigenvalue weighted by Crippen LogP contribution is 2.65. The number of rotatable bonds is 12. The number of hydrogen-bond donors (Lipinski definition) is 0. The van der Waals surface area contributed by atoms with Crippen molar-refractivity contribution in [2.75, 3.05) is 19.6 Å². The van der Waals surface area contributed by atoms with Crippen LogP contribution < -0.4 is 19.6 Å². The van der Waals surface area contributed by atoms with E-state index in [1.807, 2.05) is 0 Å². The van der Waals surface area contributed by atoms with Crippen molar-refractivity contribution >= 4 is 51.2 Å². The Morgan fingerprint density at radius 3 is 1.20 bits per heavy atom. The molecule has 4 nitrogen and oxygen atoms in total. The molecular formula is C82H76N4. The molecule has 9 aromatic carbocycles. The lowest BCUT2D eigenvalue weighted by molar-refractivity contribution is 0.697. The second-order valence-corrected chi connectivity index (χ2v) is 25.2. The summed E-state index contributed by atoms with van der Waals surface area (Å²) in [6.07, 6.45) is 20.9. The normalized spacial score (nSPS) is 18.0. The molecule has 3 unspecified atom stereocenters. The van der Waals surface area contributed by atoms with Gasteiger partial charge in [0.2, 0.25) is 0 Å². The number of hydrogen-bond acceptors (Lipinski definition) is 4. The molecule has 5 aliphatic carbocycles. The number of nitrogens with zero attached hydrogens (tertiary/aromatic N) is 4. The van der Waals surface area contributed by atoms with E-state index in [1.54, 1.807) is 0 Å². The zero-order valence-electron chi connectivity index (χ0n) is 51.3. The van der Waals surface area contributed by atoms with Gasteiger partial charge in [-0.05, 0) is 281 Å². The molecule has 0 saturated carbocycles. The Morgan fingerprint density at radius 1 is 0.395 bits per heavy atom. The van der Waals surface area contributed by atoms with Crippen molar-refractivity contribution in [2.45, 2.75) is 99.5 Å². The molecule has 0 bridgehead atoms. The fourth-order valence-electron chi connectivity index (χ4n) is 14.9. The van der Waals surface area contributed by atoms with E-state index < -0.39 is 5.41 Å². The summed E-state index contributed by atoms with van der Waals surface area (Å²) in [5, 5.41) is 0. The molecule has 86 heavy (non-hydrogen) atoms. The van der Waals surface area contributed by atoms with Gasteiger partial charge >= 0.3 is 0 Å². The van der Waals surface area contributed by atoms with E-state index >= 15 is 0 Å². The Hall–Kier alpha value is -9.38.